The standard InChI is InChI=1S/C15H25BrN2OS/c1-7-19-12(15(4,5)6)13-17-10(8-9(2)3)11(16)14(20)18-13/h9,12H,7-8H2,1-6H3,(H,17,18,20). The van der Waals surface area contributed by atoms with Crippen molar-refractivity contribution in [3.8, 4) is 0 Å². The van der Waals surface area contributed by atoms with Crippen LogP contribution in [0.15, 0.2) is 4.47 Å². The molecule has 1 heterocycles. The summed E-state index contributed by atoms with van der Waals surface area (Å²) in [6, 6.07) is 0. The average Bonchev–Trinajstić information content (AvgIpc) is 2.29. The van der Waals surface area contributed by atoms with Gasteiger partial charge in [-0.15, -0.1) is 0 Å². The normalized spacial score (nSPS) is 13.8. The molecule has 0 aromatic carbocycles. The molecule has 0 spiro atoms. The second kappa shape index (κ2) is 7.14. The van der Waals surface area contributed by atoms with Crippen LogP contribution < -0.4 is 0 Å². The number of hydrogen-bond donors (Lipinski definition) is 1. The maximum absolute atomic E-state index is 5.89. The zero-order valence-corrected chi connectivity index (χ0v) is 15.6. The molecule has 0 aliphatic rings. The molecule has 0 saturated carbocycles. The van der Waals surface area contributed by atoms with Crippen LogP contribution >= 0.6 is 28.1 Å². The number of rotatable bonds is 5. The highest BCUT2D eigenvalue weighted by Gasteiger charge is 2.29. The number of nitrogens with zero attached hydrogens (tertiary/aromatic N) is 1. The molecule has 0 aliphatic heterocycles. The minimum absolute atomic E-state index is 0.0375. The summed E-state index contributed by atoms with van der Waals surface area (Å²) in [5, 5.41) is 0. The Hall–Kier alpha value is -0.260. The Morgan fingerprint density at radius 2 is 1.95 bits per heavy atom. The minimum atomic E-state index is -0.0896. The van der Waals surface area contributed by atoms with E-state index in [0.717, 1.165) is 22.4 Å². The smallest absolute Gasteiger partial charge is 0.144 e. The number of aromatic nitrogens is 2. The molecule has 0 bridgehead atoms. The van der Waals surface area contributed by atoms with Gasteiger partial charge in [-0.1, -0.05) is 46.8 Å². The van der Waals surface area contributed by atoms with Crippen molar-refractivity contribution >= 4 is 28.1 Å². The lowest BCUT2D eigenvalue weighted by molar-refractivity contribution is -0.0193. The third-order valence-corrected chi connectivity index (χ3v) is 4.35. The average molecular weight is 361 g/mol. The first-order chi connectivity index (χ1) is 9.16. The van der Waals surface area contributed by atoms with Gasteiger partial charge in [0.15, 0.2) is 0 Å². The summed E-state index contributed by atoms with van der Waals surface area (Å²) in [6.07, 6.45) is 0.844. The Morgan fingerprint density at radius 1 is 1.35 bits per heavy atom. The van der Waals surface area contributed by atoms with Crippen LogP contribution in [0.1, 0.15) is 59.2 Å². The zero-order valence-electron chi connectivity index (χ0n) is 13.2. The molecule has 1 aromatic rings. The third-order valence-electron chi connectivity index (χ3n) is 2.93. The zero-order chi connectivity index (χ0) is 15.5. The molecule has 0 aliphatic carbocycles. The fraction of sp³-hybridized carbons (Fsp3) is 0.733. The van der Waals surface area contributed by atoms with Crippen molar-refractivity contribution in [1.29, 1.82) is 0 Å². The van der Waals surface area contributed by atoms with E-state index in [1.807, 2.05) is 6.92 Å². The number of hydrogen-bond acceptors (Lipinski definition) is 3. The molecule has 0 saturated heterocycles. The summed E-state index contributed by atoms with van der Waals surface area (Å²) in [6.45, 7) is 13.5. The number of nitrogens with one attached hydrogen (secondary N) is 1. The lowest BCUT2D eigenvalue weighted by Gasteiger charge is -2.30. The summed E-state index contributed by atoms with van der Waals surface area (Å²) in [5.74, 6) is 1.37. The predicted molar refractivity (Wildman–Crippen MR) is 89.5 cm³/mol. The first kappa shape index (κ1) is 17.8. The van der Waals surface area contributed by atoms with Gasteiger partial charge in [0, 0.05) is 12.3 Å². The second-order valence-corrected chi connectivity index (χ2v) is 7.70. The second-order valence-electron chi connectivity index (χ2n) is 6.52. The van der Waals surface area contributed by atoms with Gasteiger partial charge in [0.1, 0.15) is 16.6 Å². The van der Waals surface area contributed by atoms with Crippen LogP contribution in [0.4, 0.5) is 0 Å². The van der Waals surface area contributed by atoms with Crippen molar-refractivity contribution in [3.05, 3.63) is 20.6 Å². The van der Waals surface area contributed by atoms with E-state index < -0.39 is 0 Å². The van der Waals surface area contributed by atoms with Gasteiger partial charge < -0.3 is 9.72 Å². The quantitative estimate of drug-likeness (QED) is 0.731. The Labute approximate surface area is 135 Å². The fourth-order valence-electron chi connectivity index (χ4n) is 2.10. The summed E-state index contributed by atoms with van der Waals surface area (Å²) < 4.78 is 7.39. The molecule has 0 amide bonds. The van der Waals surface area contributed by atoms with E-state index in [1.165, 1.54) is 0 Å². The molecule has 1 rings (SSSR count). The maximum Gasteiger partial charge on any atom is 0.144 e. The van der Waals surface area contributed by atoms with E-state index in [4.69, 9.17) is 17.0 Å². The van der Waals surface area contributed by atoms with Crippen molar-refractivity contribution in [1.82, 2.24) is 9.97 Å². The topological polar surface area (TPSA) is 37.9 Å². The molecule has 1 N–H and O–H groups in total. The van der Waals surface area contributed by atoms with Crippen molar-refractivity contribution < 1.29 is 4.74 Å². The van der Waals surface area contributed by atoms with E-state index in [9.17, 15) is 0 Å². The van der Waals surface area contributed by atoms with Gasteiger partial charge in [0.2, 0.25) is 0 Å². The van der Waals surface area contributed by atoms with E-state index in [2.05, 4.69) is 60.5 Å². The largest absolute Gasteiger partial charge is 0.370 e. The van der Waals surface area contributed by atoms with Crippen LogP contribution in [0.25, 0.3) is 0 Å². The van der Waals surface area contributed by atoms with E-state index >= 15 is 0 Å². The van der Waals surface area contributed by atoms with Gasteiger partial charge in [0.25, 0.3) is 0 Å². The number of aromatic amines is 1. The Balaban J connectivity index is 3.29. The number of halogens is 1. The minimum Gasteiger partial charge on any atom is -0.370 e. The molecule has 20 heavy (non-hydrogen) atoms. The van der Waals surface area contributed by atoms with Gasteiger partial charge in [0.05, 0.1) is 4.47 Å². The monoisotopic (exact) mass is 360 g/mol. The molecular formula is C15H25BrN2OS. The highest BCUT2D eigenvalue weighted by Crippen LogP contribution is 2.35. The lowest BCUT2D eigenvalue weighted by atomic mass is 9.88. The molecule has 1 unspecified atom stereocenters. The third kappa shape index (κ3) is 4.64. The van der Waals surface area contributed by atoms with Gasteiger partial charge in [-0.2, -0.15) is 0 Å². The summed E-state index contributed by atoms with van der Waals surface area (Å²) in [4.78, 5) is 7.94. The molecule has 3 nitrogen and oxygen atoms in total. The highest BCUT2D eigenvalue weighted by atomic mass is 79.9. The SMILES string of the molecule is CCOC(c1nc(=S)c(Br)c(CC(C)C)[nH]1)C(C)(C)C. The van der Waals surface area contributed by atoms with Crippen LogP contribution in [0, 0.1) is 16.0 Å². The van der Waals surface area contributed by atoms with Crippen LogP contribution in [-0.4, -0.2) is 16.6 Å². The van der Waals surface area contributed by atoms with E-state index in [0.29, 0.717) is 17.2 Å². The van der Waals surface area contributed by atoms with Crippen molar-refractivity contribution in [3.63, 3.8) is 0 Å². The maximum atomic E-state index is 5.89. The molecule has 5 heteroatoms. The highest BCUT2D eigenvalue weighted by molar-refractivity contribution is 9.10. The first-order valence-corrected chi connectivity index (χ1v) is 8.27. The van der Waals surface area contributed by atoms with Gasteiger partial charge in [-0.3, -0.25) is 0 Å². The first-order valence-electron chi connectivity index (χ1n) is 7.07. The van der Waals surface area contributed by atoms with Crippen molar-refractivity contribution in [2.24, 2.45) is 11.3 Å². The van der Waals surface area contributed by atoms with Crippen LogP contribution in [0.3, 0.4) is 0 Å². The number of ether oxygens (including phenoxy) is 1. The van der Waals surface area contributed by atoms with Gasteiger partial charge in [-0.25, -0.2) is 4.98 Å². The summed E-state index contributed by atoms with van der Waals surface area (Å²) in [5.41, 5.74) is 1.06. The summed E-state index contributed by atoms with van der Waals surface area (Å²) in [7, 11) is 0. The van der Waals surface area contributed by atoms with Crippen molar-refractivity contribution in [2.45, 2.75) is 54.1 Å². The van der Waals surface area contributed by atoms with Gasteiger partial charge >= 0.3 is 0 Å². The Morgan fingerprint density at radius 3 is 2.40 bits per heavy atom. The predicted octanol–water partition coefficient (Wildman–Crippen LogP) is 5.22. The number of H-pyrrole nitrogens is 1. The van der Waals surface area contributed by atoms with Crippen LogP contribution in [0.5, 0.6) is 0 Å². The van der Waals surface area contributed by atoms with E-state index in [-0.39, 0.29) is 11.5 Å². The molecule has 0 radical (unpaired) electrons. The van der Waals surface area contributed by atoms with Crippen LogP contribution in [0.2, 0.25) is 0 Å². The van der Waals surface area contributed by atoms with Gasteiger partial charge in [-0.05, 0) is 40.6 Å². The van der Waals surface area contributed by atoms with Crippen LogP contribution in [-0.2, 0) is 11.2 Å². The van der Waals surface area contributed by atoms with Crippen molar-refractivity contribution in [2.75, 3.05) is 6.61 Å². The Kier molecular flexibility index (Phi) is 6.35. The molecule has 1 atom stereocenters. The lowest BCUT2D eigenvalue weighted by Crippen LogP contribution is -2.24. The fourth-order valence-corrected chi connectivity index (χ4v) is 2.67. The molecule has 0 fully saturated rings. The molecular weight excluding hydrogens is 336 g/mol. The van der Waals surface area contributed by atoms with E-state index in [1.54, 1.807) is 0 Å². The molecule has 1 aromatic heterocycles. The molecule has 114 valence electrons. The Bertz CT molecular complexity index is 506. The summed E-state index contributed by atoms with van der Waals surface area (Å²) >= 11 is 8.92.